The Labute approximate surface area is 110 Å². The van der Waals surface area contributed by atoms with Gasteiger partial charge in [-0.2, -0.15) is 0 Å². The number of sulfone groups is 1. The van der Waals surface area contributed by atoms with E-state index in [-0.39, 0.29) is 16.9 Å². The molecule has 0 amide bonds. The lowest BCUT2D eigenvalue weighted by molar-refractivity contribution is -0.119. The molecule has 0 atom stereocenters. The largest absolute Gasteiger partial charge is 0.303 e. The summed E-state index contributed by atoms with van der Waals surface area (Å²) in [7, 11) is -2.82. The molecule has 1 saturated heterocycles. The fourth-order valence-electron chi connectivity index (χ4n) is 3.00. The second-order valence-corrected chi connectivity index (χ2v) is 8.39. The molecule has 2 aliphatic rings. The van der Waals surface area contributed by atoms with E-state index in [1.54, 1.807) is 0 Å². The summed E-state index contributed by atoms with van der Waals surface area (Å²) in [6.07, 6.45) is 5.28. The highest BCUT2D eigenvalue weighted by Crippen LogP contribution is 2.38. The number of carbonyl (C=O) groups is 1. The van der Waals surface area contributed by atoms with Crippen LogP contribution in [0.25, 0.3) is 0 Å². The van der Waals surface area contributed by atoms with Crippen molar-refractivity contribution in [1.29, 1.82) is 0 Å². The van der Waals surface area contributed by atoms with Crippen LogP contribution in [0, 0.1) is 11.3 Å². The average Bonchev–Trinajstić information content (AvgIpc) is 2.35. The number of rotatable bonds is 3. The van der Waals surface area contributed by atoms with Crippen molar-refractivity contribution in [3.63, 3.8) is 0 Å². The predicted molar refractivity (Wildman–Crippen MR) is 71.2 cm³/mol. The molecular formula is C13H23NO3S. The van der Waals surface area contributed by atoms with E-state index in [4.69, 9.17) is 0 Å². The van der Waals surface area contributed by atoms with E-state index >= 15 is 0 Å². The maximum atomic E-state index is 11.4. The minimum atomic E-state index is -2.82. The lowest BCUT2D eigenvalue weighted by atomic mass is 9.71. The van der Waals surface area contributed by atoms with Crippen LogP contribution in [-0.4, -0.2) is 50.7 Å². The smallest absolute Gasteiger partial charge is 0.152 e. The SMILES string of the molecule is CC1CCC(C=O)(CN2CCS(=O)(=O)CC2)CC1. The van der Waals surface area contributed by atoms with Crippen LogP contribution in [-0.2, 0) is 14.6 Å². The van der Waals surface area contributed by atoms with Gasteiger partial charge in [0.15, 0.2) is 9.84 Å². The highest BCUT2D eigenvalue weighted by Gasteiger charge is 2.36. The van der Waals surface area contributed by atoms with Gasteiger partial charge in [-0.3, -0.25) is 0 Å². The van der Waals surface area contributed by atoms with Crippen LogP contribution < -0.4 is 0 Å². The number of aldehydes is 1. The van der Waals surface area contributed by atoms with Crippen LogP contribution in [0.1, 0.15) is 32.6 Å². The zero-order chi connectivity index (χ0) is 13.2. The van der Waals surface area contributed by atoms with Crippen molar-refractivity contribution >= 4 is 16.1 Å². The summed E-state index contributed by atoms with van der Waals surface area (Å²) in [4.78, 5) is 13.6. The predicted octanol–water partition coefficient (Wildman–Crippen LogP) is 1.11. The van der Waals surface area contributed by atoms with Gasteiger partial charge in [0.05, 0.1) is 11.5 Å². The van der Waals surface area contributed by atoms with Gasteiger partial charge < -0.3 is 9.69 Å². The maximum Gasteiger partial charge on any atom is 0.152 e. The van der Waals surface area contributed by atoms with Crippen LogP contribution >= 0.6 is 0 Å². The lowest BCUT2D eigenvalue weighted by Gasteiger charge is -2.39. The Morgan fingerprint density at radius 1 is 1.22 bits per heavy atom. The van der Waals surface area contributed by atoms with Crippen molar-refractivity contribution in [2.75, 3.05) is 31.1 Å². The van der Waals surface area contributed by atoms with E-state index < -0.39 is 9.84 Å². The fourth-order valence-corrected chi connectivity index (χ4v) is 4.28. The zero-order valence-electron chi connectivity index (χ0n) is 11.1. The van der Waals surface area contributed by atoms with Gasteiger partial charge in [0.1, 0.15) is 6.29 Å². The van der Waals surface area contributed by atoms with Crippen molar-refractivity contribution in [3.8, 4) is 0 Å². The van der Waals surface area contributed by atoms with E-state index in [1.165, 1.54) is 0 Å². The van der Waals surface area contributed by atoms with E-state index in [0.717, 1.165) is 44.4 Å². The van der Waals surface area contributed by atoms with Crippen molar-refractivity contribution in [2.24, 2.45) is 11.3 Å². The summed E-state index contributed by atoms with van der Waals surface area (Å²) in [6, 6.07) is 0. The van der Waals surface area contributed by atoms with Gasteiger partial charge >= 0.3 is 0 Å². The lowest BCUT2D eigenvalue weighted by Crippen LogP contribution is -2.47. The highest BCUT2D eigenvalue weighted by molar-refractivity contribution is 7.91. The molecule has 0 unspecified atom stereocenters. The second kappa shape index (κ2) is 5.29. The molecule has 1 aliphatic heterocycles. The zero-order valence-corrected chi connectivity index (χ0v) is 11.9. The van der Waals surface area contributed by atoms with Crippen LogP contribution in [0.3, 0.4) is 0 Å². The van der Waals surface area contributed by atoms with Crippen molar-refractivity contribution in [3.05, 3.63) is 0 Å². The quantitative estimate of drug-likeness (QED) is 0.723. The Morgan fingerprint density at radius 3 is 2.28 bits per heavy atom. The molecule has 1 aliphatic carbocycles. The fraction of sp³-hybridized carbons (Fsp3) is 0.923. The Bertz CT molecular complexity index is 382. The molecule has 104 valence electrons. The third-order valence-corrected chi connectivity index (χ3v) is 6.10. The molecule has 1 heterocycles. The van der Waals surface area contributed by atoms with Crippen molar-refractivity contribution in [2.45, 2.75) is 32.6 Å². The van der Waals surface area contributed by atoms with Crippen LogP contribution in [0.2, 0.25) is 0 Å². The Hall–Kier alpha value is -0.420. The summed E-state index contributed by atoms with van der Waals surface area (Å²) >= 11 is 0. The van der Waals surface area contributed by atoms with E-state index in [1.807, 2.05) is 0 Å². The molecule has 0 radical (unpaired) electrons. The number of hydrogen-bond donors (Lipinski definition) is 0. The third kappa shape index (κ3) is 3.32. The number of hydrogen-bond acceptors (Lipinski definition) is 4. The second-order valence-electron chi connectivity index (χ2n) is 6.09. The Morgan fingerprint density at radius 2 is 1.78 bits per heavy atom. The number of nitrogens with zero attached hydrogens (tertiary/aromatic N) is 1. The third-order valence-electron chi connectivity index (χ3n) is 4.50. The van der Waals surface area contributed by atoms with Crippen LogP contribution in [0.5, 0.6) is 0 Å². The van der Waals surface area contributed by atoms with Gasteiger partial charge in [-0.1, -0.05) is 6.92 Å². The summed E-state index contributed by atoms with van der Waals surface area (Å²) in [6.45, 7) is 4.17. The maximum absolute atomic E-state index is 11.4. The monoisotopic (exact) mass is 273 g/mol. The van der Waals surface area contributed by atoms with Gasteiger partial charge in [0.2, 0.25) is 0 Å². The summed E-state index contributed by atoms with van der Waals surface area (Å²) in [5.41, 5.74) is -0.215. The molecule has 0 N–H and O–H groups in total. The molecule has 0 bridgehead atoms. The summed E-state index contributed by atoms with van der Waals surface area (Å²) < 4.78 is 22.8. The van der Waals surface area contributed by atoms with Crippen LogP contribution in [0.15, 0.2) is 0 Å². The molecule has 4 nitrogen and oxygen atoms in total. The van der Waals surface area contributed by atoms with E-state index in [0.29, 0.717) is 13.1 Å². The molecule has 5 heteroatoms. The normalized spacial score (nSPS) is 37.3. The van der Waals surface area contributed by atoms with Gasteiger partial charge in [-0.15, -0.1) is 0 Å². The standard InChI is InChI=1S/C13H23NO3S/c1-12-2-4-13(11-15,5-3-12)10-14-6-8-18(16,17)9-7-14/h11-12H,2-10H2,1H3. The number of carbonyl (C=O) groups excluding carboxylic acids is 1. The van der Waals surface area contributed by atoms with Gasteiger partial charge in [-0.25, -0.2) is 8.42 Å². The van der Waals surface area contributed by atoms with Crippen LogP contribution in [0.4, 0.5) is 0 Å². The Balaban J connectivity index is 1.93. The first-order chi connectivity index (χ1) is 8.45. The molecule has 0 aromatic carbocycles. The topological polar surface area (TPSA) is 54.5 Å². The minimum absolute atomic E-state index is 0.215. The first-order valence-corrected chi connectivity index (χ1v) is 8.66. The minimum Gasteiger partial charge on any atom is -0.303 e. The molecule has 0 aromatic rings. The molecule has 1 saturated carbocycles. The first-order valence-electron chi connectivity index (χ1n) is 6.84. The van der Waals surface area contributed by atoms with Gasteiger partial charge in [0.25, 0.3) is 0 Å². The highest BCUT2D eigenvalue weighted by atomic mass is 32.2. The average molecular weight is 273 g/mol. The van der Waals surface area contributed by atoms with Crippen molar-refractivity contribution < 1.29 is 13.2 Å². The molecule has 0 aromatic heterocycles. The molecule has 18 heavy (non-hydrogen) atoms. The molecule has 0 spiro atoms. The van der Waals surface area contributed by atoms with E-state index in [2.05, 4.69) is 11.8 Å². The molecule has 2 fully saturated rings. The van der Waals surface area contributed by atoms with Gasteiger partial charge in [0, 0.05) is 25.0 Å². The summed E-state index contributed by atoms with van der Waals surface area (Å²) in [5, 5.41) is 0. The molecule has 2 rings (SSSR count). The Kier molecular flexibility index (Phi) is 4.11. The van der Waals surface area contributed by atoms with Gasteiger partial charge in [-0.05, 0) is 31.6 Å². The van der Waals surface area contributed by atoms with E-state index in [9.17, 15) is 13.2 Å². The summed E-state index contributed by atoms with van der Waals surface area (Å²) in [5.74, 6) is 1.22. The van der Waals surface area contributed by atoms with Crippen molar-refractivity contribution in [1.82, 2.24) is 4.90 Å². The molecular weight excluding hydrogens is 250 g/mol. The first kappa shape index (κ1) is 14.0.